The van der Waals surface area contributed by atoms with Gasteiger partial charge in [-0.1, -0.05) is 5.57 Å². The Morgan fingerprint density at radius 1 is 1.33 bits per heavy atom. The van der Waals surface area contributed by atoms with Gasteiger partial charge < -0.3 is 14.9 Å². The number of carbonyl (C=O) groups excluding carboxylic acids is 1. The molecule has 98 valence electrons. The molecule has 3 rings (SSSR count). The second kappa shape index (κ2) is 4.52. The van der Waals surface area contributed by atoms with Crippen molar-refractivity contribution in [1.29, 1.82) is 0 Å². The molecule has 1 atom stereocenters. The van der Waals surface area contributed by atoms with E-state index in [0.717, 1.165) is 56.6 Å². The van der Waals surface area contributed by atoms with E-state index in [0.29, 0.717) is 0 Å². The van der Waals surface area contributed by atoms with Crippen LogP contribution in [0.4, 0.5) is 0 Å². The molecule has 0 aromatic heterocycles. The standard InChI is InChI=1S/C14H20N2O2/c1-15-4-6-16(7-5-15)14(18)11-8-10-2-3-13(17)12(10)9-11/h9,13,17H,2-8H2,1H3. The van der Waals surface area contributed by atoms with Gasteiger partial charge >= 0.3 is 0 Å². The van der Waals surface area contributed by atoms with Crippen LogP contribution >= 0.6 is 0 Å². The molecule has 0 aromatic rings. The van der Waals surface area contributed by atoms with E-state index in [1.165, 1.54) is 5.57 Å². The van der Waals surface area contributed by atoms with Gasteiger partial charge in [-0.3, -0.25) is 4.79 Å². The second-order valence-electron chi connectivity index (χ2n) is 5.56. The van der Waals surface area contributed by atoms with Crippen LogP contribution in [0.15, 0.2) is 22.8 Å². The van der Waals surface area contributed by atoms with Gasteiger partial charge in [0.1, 0.15) is 0 Å². The number of nitrogens with zero attached hydrogens (tertiary/aromatic N) is 2. The van der Waals surface area contributed by atoms with Crippen LogP contribution in [0.5, 0.6) is 0 Å². The smallest absolute Gasteiger partial charge is 0.250 e. The minimum absolute atomic E-state index is 0.171. The maximum atomic E-state index is 12.4. The monoisotopic (exact) mass is 248 g/mol. The van der Waals surface area contributed by atoms with E-state index in [1.54, 1.807) is 0 Å². The third-order valence-corrected chi connectivity index (χ3v) is 4.29. The van der Waals surface area contributed by atoms with Gasteiger partial charge in [0.25, 0.3) is 0 Å². The van der Waals surface area contributed by atoms with Crippen LogP contribution in [0, 0.1) is 0 Å². The van der Waals surface area contributed by atoms with Crippen molar-refractivity contribution >= 4 is 5.91 Å². The molecule has 0 radical (unpaired) electrons. The van der Waals surface area contributed by atoms with Crippen molar-refractivity contribution in [3.05, 3.63) is 22.8 Å². The number of hydrogen-bond acceptors (Lipinski definition) is 3. The zero-order valence-electron chi connectivity index (χ0n) is 10.9. The molecule has 1 amide bonds. The van der Waals surface area contributed by atoms with Crippen molar-refractivity contribution < 1.29 is 9.90 Å². The highest BCUT2D eigenvalue weighted by Crippen LogP contribution is 2.38. The molecule has 1 fully saturated rings. The van der Waals surface area contributed by atoms with Crippen LogP contribution in [-0.2, 0) is 4.79 Å². The Hall–Kier alpha value is -1.13. The van der Waals surface area contributed by atoms with E-state index in [9.17, 15) is 9.90 Å². The fraction of sp³-hybridized carbons (Fsp3) is 0.643. The van der Waals surface area contributed by atoms with Gasteiger partial charge in [0.2, 0.25) is 5.91 Å². The molecule has 1 saturated heterocycles. The molecule has 3 aliphatic rings. The number of likely N-dealkylation sites (N-methyl/N-ethyl adjacent to an activating group) is 1. The van der Waals surface area contributed by atoms with E-state index in [2.05, 4.69) is 11.9 Å². The van der Waals surface area contributed by atoms with Gasteiger partial charge in [0, 0.05) is 31.8 Å². The van der Waals surface area contributed by atoms with Gasteiger partial charge in [-0.25, -0.2) is 0 Å². The fourth-order valence-corrected chi connectivity index (χ4v) is 3.05. The minimum Gasteiger partial charge on any atom is -0.388 e. The number of piperazine rings is 1. The highest BCUT2D eigenvalue weighted by atomic mass is 16.3. The lowest BCUT2D eigenvalue weighted by atomic mass is 10.1. The molecule has 18 heavy (non-hydrogen) atoms. The molecule has 4 heteroatoms. The third kappa shape index (κ3) is 1.99. The summed E-state index contributed by atoms with van der Waals surface area (Å²) in [6.07, 6.45) is 4.15. The molecule has 1 heterocycles. The predicted molar refractivity (Wildman–Crippen MR) is 69.0 cm³/mol. The molecule has 2 aliphatic carbocycles. The fourth-order valence-electron chi connectivity index (χ4n) is 3.05. The van der Waals surface area contributed by atoms with Crippen LogP contribution < -0.4 is 0 Å². The Kier molecular flexibility index (Phi) is 2.99. The highest BCUT2D eigenvalue weighted by molar-refractivity contribution is 5.95. The number of rotatable bonds is 1. The number of allylic oxidation sites excluding steroid dienone is 1. The van der Waals surface area contributed by atoms with Crippen molar-refractivity contribution in [2.75, 3.05) is 33.2 Å². The SMILES string of the molecule is CN1CCN(C(=O)C2=CC3=C(CCC3O)C2)CC1. The van der Waals surface area contributed by atoms with Crippen LogP contribution in [0.2, 0.25) is 0 Å². The average Bonchev–Trinajstić information content (AvgIpc) is 2.92. The van der Waals surface area contributed by atoms with Gasteiger partial charge in [0.15, 0.2) is 0 Å². The van der Waals surface area contributed by atoms with Gasteiger partial charge in [-0.05, 0) is 38.0 Å². The lowest BCUT2D eigenvalue weighted by Gasteiger charge is -2.32. The van der Waals surface area contributed by atoms with E-state index < -0.39 is 0 Å². The van der Waals surface area contributed by atoms with E-state index in [-0.39, 0.29) is 12.0 Å². The number of aliphatic hydroxyl groups excluding tert-OH is 1. The summed E-state index contributed by atoms with van der Waals surface area (Å²) in [6.45, 7) is 3.55. The lowest BCUT2D eigenvalue weighted by Crippen LogP contribution is -2.47. The lowest BCUT2D eigenvalue weighted by molar-refractivity contribution is -0.128. The summed E-state index contributed by atoms with van der Waals surface area (Å²) < 4.78 is 0. The summed E-state index contributed by atoms with van der Waals surface area (Å²) in [6, 6.07) is 0. The van der Waals surface area contributed by atoms with Crippen LogP contribution in [0.3, 0.4) is 0 Å². The summed E-state index contributed by atoms with van der Waals surface area (Å²) in [5.41, 5.74) is 3.18. The molecule has 0 aromatic carbocycles. The van der Waals surface area contributed by atoms with E-state index >= 15 is 0 Å². The third-order valence-electron chi connectivity index (χ3n) is 4.29. The Morgan fingerprint density at radius 3 is 2.72 bits per heavy atom. The first-order chi connectivity index (χ1) is 8.65. The second-order valence-corrected chi connectivity index (χ2v) is 5.56. The number of carbonyl (C=O) groups is 1. The number of hydrogen-bond donors (Lipinski definition) is 1. The van der Waals surface area contributed by atoms with Gasteiger partial charge in [-0.15, -0.1) is 0 Å². The first-order valence-electron chi connectivity index (χ1n) is 6.73. The Morgan fingerprint density at radius 2 is 2.06 bits per heavy atom. The molecule has 0 spiro atoms. The topological polar surface area (TPSA) is 43.8 Å². The summed E-state index contributed by atoms with van der Waals surface area (Å²) in [7, 11) is 2.09. The summed E-state index contributed by atoms with van der Waals surface area (Å²) in [5, 5.41) is 9.81. The van der Waals surface area contributed by atoms with Gasteiger partial charge in [0.05, 0.1) is 6.10 Å². The van der Waals surface area contributed by atoms with Crippen molar-refractivity contribution in [3.63, 3.8) is 0 Å². The molecule has 0 saturated carbocycles. The molecule has 0 bridgehead atoms. The number of aliphatic hydroxyl groups is 1. The molecule has 1 N–H and O–H groups in total. The van der Waals surface area contributed by atoms with Crippen LogP contribution in [-0.4, -0.2) is 60.1 Å². The largest absolute Gasteiger partial charge is 0.388 e. The molecular weight excluding hydrogens is 228 g/mol. The van der Waals surface area contributed by atoms with Crippen molar-refractivity contribution in [1.82, 2.24) is 9.80 Å². The summed E-state index contributed by atoms with van der Waals surface area (Å²) >= 11 is 0. The number of amides is 1. The minimum atomic E-state index is -0.335. The van der Waals surface area contributed by atoms with Crippen LogP contribution in [0.1, 0.15) is 19.3 Å². The molecule has 4 nitrogen and oxygen atoms in total. The van der Waals surface area contributed by atoms with Crippen molar-refractivity contribution in [2.24, 2.45) is 0 Å². The highest BCUT2D eigenvalue weighted by Gasteiger charge is 2.31. The van der Waals surface area contributed by atoms with Crippen molar-refractivity contribution in [2.45, 2.75) is 25.4 Å². The van der Waals surface area contributed by atoms with Crippen molar-refractivity contribution in [3.8, 4) is 0 Å². The quantitative estimate of drug-likeness (QED) is 0.736. The Bertz CT molecular complexity index is 431. The summed E-state index contributed by atoms with van der Waals surface area (Å²) in [4.78, 5) is 16.6. The molecular formula is C14H20N2O2. The molecule has 1 aliphatic heterocycles. The van der Waals surface area contributed by atoms with E-state index in [4.69, 9.17) is 0 Å². The zero-order chi connectivity index (χ0) is 12.7. The first kappa shape index (κ1) is 11.9. The average molecular weight is 248 g/mol. The predicted octanol–water partition coefficient (Wildman–Crippen LogP) is 0.542. The van der Waals surface area contributed by atoms with E-state index in [1.807, 2.05) is 11.0 Å². The Labute approximate surface area is 108 Å². The Balaban J connectivity index is 1.67. The summed E-state index contributed by atoms with van der Waals surface area (Å²) in [5.74, 6) is 0.171. The van der Waals surface area contributed by atoms with Gasteiger partial charge in [-0.2, -0.15) is 0 Å². The zero-order valence-corrected chi connectivity index (χ0v) is 10.9. The maximum absolute atomic E-state index is 12.4. The first-order valence-corrected chi connectivity index (χ1v) is 6.73. The van der Waals surface area contributed by atoms with Crippen LogP contribution in [0.25, 0.3) is 0 Å². The normalized spacial score (nSPS) is 28.7. The maximum Gasteiger partial charge on any atom is 0.250 e. The molecule has 1 unspecified atom stereocenters.